The van der Waals surface area contributed by atoms with Gasteiger partial charge in [-0.05, 0) is 97.7 Å². The fraction of sp³-hybridized carbons (Fsp3) is 0.958. The predicted molar refractivity (Wildman–Crippen MR) is 111 cm³/mol. The summed E-state index contributed by atoms with van der Waals surface area (Å²) in [6.07, 6.45) is 11.8. The van der Waals surface area contributed by atoms with Crippen LogP contribution in [0.3, 0.4) is 0 Å². The summed E-state index contributed by atoms with van der Waals surface area (Å²) in [7, 11) is 0. The van der Waals surface area contributed by atoms with Gasteiger partial charge < -0.3 is 15.9 Å². The lowest BCUT2D eigenvalue weighted by molar-refractivity contribution is -0.168. The van der Waals surface area contributed by atoms with Crippen molar-refractivity contribution in [2.24, 2.45) is 52.1 Å². The topological polar surface area (TPSA) is 83.6 Å². The Morgan fingerprint density at radius 1 is 1.11 bits per heavy atom. The Hall–Kier alpha value is -0.610. The summed E-state index contributed by atoms with van der Waals surface area (Å²) >= 11 is 0. The smallest absolute Gasteiger partial charge is 0.320 e. The zero-order valence-electron chi connectivity index (χ0n) is 18.1. The Bertz CT molecular complexity index is 609. The molecule has 10 atom stereocenters. The quantitative estimate of drug-likeness (QED) is 0.661. The van der Waals surface area contributed by atoms with E-state index in [1.54, 1.807) is 0 Å². The van der Waals surface area contributed by atoms with Gasteiger partial charge in [0, 0.05) is 0 Å². The van der Waals surface area contributed by atoms with Crippen LogP contribution >= 0.6 is 0 Å². The summed E-state index contributed by atoms with van der Waals surface area (Å²) in [6, 6.07) is -0.789. The summed E-state index contributed by atoms with van der Waals surface area (Å²) in [5, 5.41) is 20.7. The van der Waals surface area contributed by atoms with E-state index in [-0.39, 0.29) is 17.4 Å². The number of nitrogens with two attached hydrogens (primary N) is 1. The molecule has 0 aromatic carbocycles. The largest absolute Gasteiger partial charge is 0.480 e. The number of hydrogen-bond donors (Lipinski definition) is 3. The SMILES string of the molecule is C[C@H](CC(N)C(=O)O)[C@H]1CC[C@H]2[C@@H]3CCC4CCCC[C@]4(C)[C@H]3CC(O)[C@]12C. The maximum atomic E-state index is 11.5. The Kier molecular flexibility index (Phi) is 5.36. The molecule has 160 valence electrons. The molecule has 3 unspecified atom stereocenters. The highest BCUT2D eigenvalue weighted by Gasteiger charge is 2.63. The third-order valence-corrected chi connectivity index (χ3v) is 10.4. The van der Waals surface area contributed by atoms with Gasteiger partial charge in [0.2, 0.25) is 0 Å². The van der Waals surface area contributed by atoms with Gasteiger partial charge in [-0.1, -0.05) is 33.6 Å². The first-order valence-electron chi connectivity index (χ1n) is 11.9. The summed E-state index contributed by atoms with van der Waals surface area (Å²) in [6.45, 7) is 7.04. The first kappa shape index (κ1) is 20.7. The van der Waals surface area contributed by atoms with Gasteiger partial charge in [-0.3, -0.25) is 4.79 Å². The van der Waals surface area contributed by atoms with Crippen LogP contribution in [0, 0.1) is 46.3 Å². The molecule has 4 saturated carbocycles. The zero-order chi connectivity index (χ0) is 20.3. The van der Waals surface area contributed by atoms with Gasteiger partial charge in [0.15, 0.2) is 0 Å². The molecule has 4 nitrogen and oxygen atoms in total. The highest BCUT2D eigenvalue weighted by Crippen LogP contribution is 2.68. The van der Waals surface area contributed by atoms with Gasteiger partial charge in [-0.25, -0.2) is 0 Å². The molecule has 0 aliphatic heterocycles. The Morgan fingerprint density at radius 3 is 2.57 bits per heavy atom. The van der Waals surface area contributed by atoms with E-state index in [0.29, 0.717) is 29.6 Å². The molecule has 0 spiro atoms. The average Bonchev–Trinajstić information content (AvgIpc) is 3.01. The molecule has 0 saturated heterocycles. The van der Waals surface area contributed by atoms with Crippen molar-refractivity contribution in [3.63, 3.8) is 0 Å². The number of hydrogen-bond acceptors (Lipinski definition) is 3. The van der Waals surface area contributed by atoms with Crippen molar-refractivity contribution in [3.8, 4) is 0 Å². The van der Waals surface area contributed by atoms with Crippen molar-refractivity contribution in [2.75, 3.05) is 0 Å². The van der Waals surface area contributed by atoms with Gasteiger partial charge in [0.05, 0.1) is 6.10 Å². The molecule has 28 heavy (non-hydrogen) atoms. The van der Waals surface area contributed by atoms with E-state index in [9.17, 15) is 15.0 Å². The van der Waals surface area contributed by atoms with Crippen molar-refractivity contribution in [2.45, 2.75) is 97.1 Å². The van der Waals surface area contributed by atoms with Crippen LogP contribution in [0.1, 0.15) is 85.0 Å². The standard InChI is InChI=1S/C24H41NO3/c1-14(12-20(25)22(27)28)17-9-10-18-16-8-7-15-6-4-5-11-23(15,2)19(16)13-21(26)24(17,18)3/h14-21,26H,4-13,25H2,1-3H3,(H,27,28)/t14-,15?,16+,17-,18+,19+,20?,21?,23+,24-/m1/s1. The molecule has 0 bridgehead atoms. The maximum absolute atomic E-state index is 11.5. The van der Waals surface area contributed by atoms with Crippen LogP contribution < -0.4 is 5.73 Å². The number of aliphatic carboxylic acids is 1. The molecule has 4 rings (SSSR count). The van der Waals surface area contributed by atoms with E-state index in [4.69, 9.17) is 5.73 Å². The number of aliphatic hydroxyl groups excluding tert-OH is 1. The molecule has 4 heteroatoms. The van der Waals surface area contributed by atoms with Gasteiger partial charge in [0.1, 0.15) is 6.04 Å². The third kappa shape index (κ3) is 2.96. The summed E-state index contributed by atoms with van der Waals surface area (Å²) in [5.41, 5.74) is 6.22. The van der Waals surface area contributed by atoms with Crippen molar-refractivity contribution in [1.29, 1.82) is 0 Å². The molecule has 4 fully saturated rings. The van der Waals surface area contributed by atoms with Crippen LogP contribution in [0.5, 0.6) is 0 Å². The number of carboxylic acids is 1. The summed E-state index contributed by atoms with van der Waals surface area (Å²) < 4.78 is 0. The van der Waals surface area contributed by atoms with E-state index < -0.39 is 12.0 Å². The molecular formula is C24H41NO3. The van der Waals surface area contributed by atoms with Crippen LogP contribution in [0.15, 0.2) is 0 Å². The molecule has 0 heterocycles. The first-order valence-corrected chi connectivity index (χ1v) is 11.9. The Labute approximate surface area is 170 Å². The molecule has 4 N–H and O–H groups in total. The first-order chi connectivity index (χ1) is 13.2. The normalized spacial score (nSPS) is 50.2. The van der Waals surface area contributed by atoms with Crippen LogP contribution in [-0.4, -0.2) is 28.3 Å². The number of carbonyl (C=O) groups is 1. The fourth-order valence-electron chi connectivity index (χ4n) is 8.89. The molecule has 0 aromatic rings. The second-order valence-corrected chi connectivity index (χ2v) is 11.4. The lowest BCUT2D eigenvalue weighted by Gasteiger charge is -2.62. The minimum absolute atomic E-state index is 0.0727. The van der Waals surface area contributed by atoms with Crippen molar-refractivity contribution < 1.29 is 15.0 Å². The van der Waals surface area contributed by atoms with Crippen LogP contribution in [-0.2, 0) is 4.79 Å². The van der Waals surface area contributed by atoms with E-state index in [1.807, 2.05) is 0 Å². The monoisotopic (exact) mass is 391 g/mol. The van der Waals surface area contributed by atoms with Gasteiger partial charge >= 0.3 is 5.97 Å². The minimum Gasteiger partial charge on any atom is -0.480 e. The number of rotatable bonds is 4. The number of aliphatic hydroxyl groups is 1. The van der Waals surface area contributed by atoms with Gasteiger partial charge in [-0.15, -0.1) is 0 Å². The minimum atomic E-state index is -0.903. The Balaban J connectivity index is 1.57. The lowest BCUT2D eigenvalue weighted by Crippen LogP contribution is -2.58. The summed E-state index contributed by atoms with van der Waals surface area (Å²) in [5.74, 6) is 2.61. The van der Waals surface area contributed by atoms with Crippen LogP contribution in [0.2, 0.25) is 0 Å². The molecule has 4 aliphatic rings. The van der Waals surface area contributed by atoms with E-state index in [1.165, 1.54) is 44.9 Å². The number of fused-ring (bicyclic) bond motifs is 5. The Morgan fingerprint density at radius 2 is 1.86 bits per heavy atom. The van der Waals surface area contributed by atoms with Crippen molar-refractivity contribution in [1.82, 2.24) is 0 Å². The van der Waals surface area contributed by atoms with E-state index in [2.05, 4.69) is 20.8 Å². The predicted octanol–water partition coefficient (Wildman–Crippen LogP) is 4.44. The molecular weight excluding hydrogens is 350 g/mol. The molecule has 0 aromatic heterocycles. The average molecular weight is 392 g/mol. The second kappa shape index (κ2) is 7.27. The third-order valence-electron chi connectivity index (χ3n) is 10.4. The lowest BCUT2D eigenvalue weighted by atomic mass is 9.44. The molecule has 0 amide bonds. The van der Waals surface area contributed by atoms with Gasteiger partial charge in [0.25, 0.3) is 0 Å². The second-order valence-electron chi connectivity index (χ2n) is 11.4. The van der Waals surface area contributed by atoms with Crippen LogP contribution in [0.25, 0.3) is 0 Å². The maximum Gasteiger partial charge on any atom is 0.320 e. The zero-order valence-corrected chi connectivity index (χ0v) is 18.1. The highest BCUT2D eigenvalue weighted by atomic mass is 16.4. The molecule has 4 aliphatic carbocycles. The van der Waals surface area contributed by atoms with Crippen molar-refractivity contribution >= 4 is 5.97 Å². The highest BCUT2D eigenvalue weighted by molar-refractivity contribution is 5.73. The fourth-order valence-corrected chi connectivity index (χ4v) is 8.89. The van der Waals surface area contributed by atoms with Gasteiger partial charge in [-0.2, -0.15) is 0 Å². The summed E-state index contributed by atoms with van der Waals surface area (Å²) in [4.78, 5) is 11.3. The van der Waals surface area contributed by atoms with E-state index >= 15 is 0 Å². The van der Waals surface area contributed by atoms with Crippen molar-refractivity contribution in [3.05, 3.63) is 0 Å². The van der Waals surface area contributed by atoms with Crippen LogP contribution in [0.4, 0.5) is 0 Å². The molecule has 0 radical (unpaired) electrons. The van der Waals surface area contributed by atoms with E-state index in [0.717, 1.165) is 24.7 Å². The number of carboxylic acid groups (broad SMARTS) is 1.